The Kier molecular flexibility index (Phi) is 8.60. The van der Waals surface area contributed by atoms with Gasteiger partial charge < -0.3 is 28.6 Å². The van der Waals surface area contributed by atoms with Gasteiger partial charge in [0.05, 0.1) is 32.3 Å². The third-order valence-electron chi connectivity index (χ3n) is 5.27. The van der Waals surface area contributed by atoms with Crippen molar-refractivity contribution in [2.24, 2.45) is 5.41 Å². The molecule has 0 aromatic heterocycles. The minimum absolute atomic E-state index is 0.0131. The molecule has 0 saturated carbocycles. The van der Waals surface area contributed by atoms with Gasteiger partial charge in [-0.1, -0.05) is 0 Å². The van der Waals surface area contributed by atoms with Gasteiger partial charge in [0.2, 0.25) is 0 Å². The zero-order chi connectivity index (χ0) is 23.9. The number of hydrogen-bond donors (Lipinski definition) is 1. The quantitative estimate of drug-likeness (QED) is 0.365. The number of nitrogens with zero attached hydrogens (tertiary/aromatic N) is 1. The fourth-order valence-electron chi connectivity index (χ4n) is 3.61. The number of carbonyl (C=O) groups excluding carboxylic acids is 2. The summed E-state index contributed by atoms with van der Waals surface area (Å²) in [5, 5.41) is 3.09. The lowest BCUT2D eigenvalue weighted by Crippen LogP contribution is -2.50. The SMILES string of the molecule is COc1cc(OC)c(CNCOC(=O)C2(C)CCCN(C(=O)OC(C)(C)C)C2)c(OC)c1. The second kappa shape index (κ2) is 10.8. The number of ether oxygens (including phenoxy) is 5. The van der Waals surface area contributed by atoms with Crippen LogP contribution in [0.5, 0.6) is 17.2 Å². The van der Waals surface area contributed by atoms with Gasteiger partial charge in [-0.05, 0) is 40.5 Å². The molecule has 9 nitrogen and oxygen atoms in total. The van der Waals surface area contributed by atoms with Gasteiger partial charge in [-0.25, -0.2) is 4.79 Å². The van der Waals surface area contributed by atoms with Crippen LogP contribution in [-0.2, 0) is 20.8 Å². The van der Waals surface area contributed by atoms with Crippen LogP contribution in [0.2, 0.25) is 0 Å². The van der Waals surface area contributed by atoms with Gasteiger partial charge in [0, 0.05) is 31.8 Å². The number of likely N-dealkylation sites (tertiary alicyclic amines) is 1. The number of amides is 1. The topological polar surface area (TPSA) is 95.6 Å². The molecule has 1 heterocycles. The van der Waals surface area contributed by atoms with Gasteiger partial charge in [0.25, 0.3) is 0 Å². The van der Waals surface area contributed by atoms with Gasteiger partial charge in [-0.15, -0.1) is 0 Å². The summed E-state index contributed by atoms with van der Waals surface area (Å²) in [6, 6.07) is 3.53. The maximum absolute atomic E-state index is 12.8. The van der Waals surface area contributed by atoms with Crippen molar-refractivity contribution < 1.29 is 33.3 Å². The molecule has 9 heteroatoms. The van der Waals surface area contributed by atoms with Crippen LogP contribution < -0.4 is 19.5 Å². The highest BCUT2D eigenvalue weighted by Crippen LogP contribution is 2.34. The van der Waals surface area contributed by atoms with Crippen molar-refractivity contribution in [3.05, 3.63) is 17.7 Å². The van der Waals surface area contributed by atoms with Crippen molar-refractivity contribution in [3.63, 3.8) is 0 Å². The summed E-state index contributed by atoms with van der Waals surface area (Å²) in [5.74, 6) is 1.47. The number of carbonyl (C=O) groups is 2. The van der Waals surface area contributed by atoms with Crippen LogP contribution in [0.4, 0.5) is 4.79 Å². The summed E-state index contributed by atoms with van der Waals surface area (Å²) in [6.45, 7) is 8.49. The Hall–Kier alpha value is -2.68. The molecule has 0 radical (unpaired) electrons. The van der Waals surface area contributed by atoms with E-state index in [4.69, 9.17) is 23.7 Å². The molecular weight excluding hydrogens is 416 g/mol. The molecule has 0 bridgehead atoms. The zero-order valence-electron chi connectivity index (χ0n) is 20.2. The molecule has 1 atom stereocenters. The average Bonchev–Trinajstić information content (AvgIpc) is 2.74. The molecule has 1 aromatic rings. The second-order valence-corrected chi connectivity index (χ2v) is 9.08. The molecular formula is C23H36N2O7. The molecule has 1 saturated heterocycles. The molecule has 1 amide bonds. The zero-order valence-corrected chi connectivity index (χ0v) is 20.2. The minimum atomic E-state index is -0.785. The van der Waals surface area contributed by atoms with Crippen molar-refractivity contribution in [2.45, 2.75) is 52.7 Å². The molecule has 180 valence electrons. The highest BCUT2D eigenvalue weighted by atomic mass is 16.6. The molecule has 0 aliphatic carbocycles. The van der Waals surface area contributed by atoms with Crippen molar-refractivity contribution in [1.82, 2.24) is 10.2 Å². The summed E-state index contributed by atoms with van der Waals surface area (Å²) >= 11 is 0. The first-order valence-corrected chi connectivity index (χ1v) is 10.7. The van der Waals surface area contributed by atoms with E-state index >= 15 is 0 Å². The largest absolute Gasteiger partial charge is 0.496 e. The smallest absolute Gasteiger partial charge is 0.410 e. The summed E-state index contributed by atoms with van der Waals surface area (Å²) in [6.07, 6.45) is 0.942. The first-order chi connectivity index (χ1) is 15.0. The molecule has 1 fully saturated rings. The van der Waals surface area contributed by atoms with E-state index in [2.05, 4.69) is 5.32 Å². The predicted molar refractivity (Wildman–Crippen MR) is 119 cm³/mol. The third kappa shape index (κ3) is 6.66. The number of hydrogen-bond acceptors (Lipinski definition) is 8. The van der Waals surface area contributed by atoms with E-state index in [0.29, 0.717) is 43.2 Å². The van der Waals surface area contributed by atoms with Gasteiger partial charge in [0.1, 0.15) is 29.6 Å². The molecule has 1 aliphatic heterocycles. The lowest BCUT2D eigenvalue weighted by atomic mass is 9.82. The molecule has 0 spiro atoms. The van der Waals surface area contributed by atoms with Crippen LogP contribution >= 0.6 is 0 Å². The van der Waals surface area contributed by atoms with Crippen molar-refractivity contribution in [2.75, 3.05) is 41.1 Å². The van der Waals surface area contributed by atoms with Crippen LogP contribution in [-0.4, -0.2) is 63.7 Å². The number of methoxy groups -OCH3 is 3. The average molecular weight is 453 g/mol. The van der Waals surface area contributed by atoms with Crippen molar-refractivity contribution in [1.29, 1.82) is 0 Å². The molecule has 32 heavy (non-hydrogen) atoms. The van der Waals surface area contributed by atoms with E-state index in [1.54, 1.807) is 38.4 Å². The Labute approximate surface area is 190 Å². The Morgan fingerprint density at radius 3 is 2.25 bits per heavy atom. The lowest BCUT2D eigenvalue weighted by molar-refractivity contribution is -0.158. The molecule has 2 rings (SSSR count). The van der Waals surface area contributed by atoms with E-state index in [9.17, 15) is 9.59 Å². The van der Waals surface area contributed by atoms with Crippen LogP contribution in [0.25, 0.3) is 0 Å². The van der Waals surface area contributed by atoms with Crippen molar-refractivity contribution >= 4 is 12.1 Å². The molecule has 1 N–H and O–H groups in total. The Balaban J connectivity index is 1.93. The summed E-state index contributed by atoms with van der Waals surface area (Å²) in [7, 11) is 4.71. The summed E-state index contributed by atoms with van der Waals surface area (Å²) < 4.78 is 27.1. The van der Waals surface area contributed by atoms with Gasteiger partial charge >= 0.3 is 12.1 Å². The van der Waals surface area contributed by atoms with Crippen molar-refractivity contribution in [3.8, 4) is 17.2 Å². The normalized spacial score (nSPS) is 18.7. The van der Waals surface area contributed by atoms with E-state index in [1.165, 1.54) is 0 Å². The number of rotatable bonds is 8. The Bertz CT molecular complexity index is 781. The molecule has 1 aliphatic rings. The highest BCUT2D eigenvalue weighted by molar-refractivity contribution is 5.78. The molecule has 1 unspecified atom stereocenters. The van der Waals surface area contributed by atoms with Crippen LogP contribution in [0.3, 0.4) is 0 Å². The molecule has 1 aromatic carbocycles. The monoisotopic (exact) mass is 452 g/mol. The van der Waals surface area contributed by atoms with E-state index in [-0.39, 0.29) is 19.2 Å². The third-order valence-corrected chi connectivity index (χ3v) is 5.27. The highest BCUT2D eigenvalue weighted by Gasteiger charge is 2.41. The number of benzene rings is 1. The standard InChI is InChI=1S/C23H36N2O7/c1-22(2,3)32-21(27)25-10-8-9-23(4,14-25)20(26)31-15-24-13-17-18(29-6)11-16(28-5)12-19(17)30-7/h11-12,24H,8-10,13-15H2,1-7H3. The maximum atomic E-state index is 12.8. The van der Waals surface area contributed by atoms with Gasteiger partial charge in [-0.3, -0.25) is 10.1 Å². The van der Waals surface area contributed by atoms with E-state index in [0.717, 1.165) is 5.56 Å². The summed E-state index contributed by atoms with van der Waals surface area (Å²) in [4.78, 5) is 26.8. The van der Waals surface area contributed by atoms with Crippen LogP contribution in [0.1, 0.15) is 46.1 Å². The minimum Gasteiger partial charge on any atom is -0.496 e. The first kappa shape index (κ1) is 25.6. The van der Waals surface area contributed by atoms with Gasteiger partial charge in [0.15, 0.2) is 0 Å². The van der Waals surface area contributed by atoms with Gasteiger partial charge in [-0.2, -0.15) is 0 Å². The number of esters is 1. The Morgan fingerprint density at radius 1 is 1.09 bits per heavy atom. The number of piperidine rings is 1. The predicted octanol–water partition coefficient (Wildman–Crippen LogP) is 3.34. The van der Waals surface area contributed by atoms with Crippen LogP contribution in [0, 0.1) is 5.41 Å². The number of nitrogens with one attached hydrogen (secondary N) is 1. The second-order valence-electron chi connectivity index (χ2n) is 9.08. The summed E-state index contributed by atoms with van der Waals surface area (Å²) in [5.41, 5.74) is -0.586. The van der Waals surface area contributed by atoms with E-state index in [1.807, 2.05) is 27.7 Å². The van der Waals surface area contributed by atoms with E-state index < -0.39 is 17.1 Å². The fourth-order valence-corrected chi connectivity index (χ4v) is 3.61. The Morgan fingerprint density at radius 2 is 1.72 bits per heavy atom. The van der Waals surface area contributed by atoms with Crippen LogP contribution in [0.15, 0.2) is 12.1 Å². The maximum Gasteiger partial charge on any atom is 0.410 e. The first-order valence-electron chi connectivity index (χ1n) is 10.7. The fraction of sp³-hybridized carbons (Fsp3) is 0.652. The lowest BCUT2D eigenvalue weighted by Gasteiger charge is -2.39.